The number of pyridine rings is 1. The quantitative estimate of drug-likeness (QED) is 0.803. The zero-order valence-electron chi connectivity index (χ0n) is 10.0. The zero-order chi connectivity index (χ0) is 11.7. The fraction of sp³-hybridized carbons (Fsp3) is 0.615. The van der Waals surface area contributed by atoms with Gasteiger partial charge in [0, 0.05) is 12.7 Å². The summed E-state index contributed by atoms with van der Waals surface area (Å²) in [6, 6.07) is 4.52. The molecule has 0 bridgehead atoms. The predicted molar refractivity (Wildman–Crippen MR) is 68.0 cm³/mol. The molecule has 0 spiro atoms. The average molecular weight is 233 g/mol. The van der Waals surface area contributed by atoms with Crippen molar-refractivity contribution < 1.29 is 4.74 Å². The fourth-order valence-corrected chi connectivity index (χ4v) is 3.05. The van der Waals surface area contributed by atoms with Crippen LogP contribution in [0.2, 0.25) is 0 Å². The Labute approximate surface area is 102 Å². The van der Waals surface area contributed by atoms with Crippen molar-refractivity contribution >= 4 is 11.5 Å². The average Bonchev–Trinajstić information content (AvgIpc) is 2.39. The van der Waals surface area contributed by atoms with Gasteiger partial charge in [-0.15, -0.1) is 0 Å². The molecule has 0 radical (unpaired) electrons. The van der Waals surface area contributed by atoms with E-state index in [1.165, 1.54) is 25.7 Å². The predicted octanol–water partition coefficient (Wildman–Crippen LogP) is 1.81. The Morgan fingerprint density at radius 3 is 3.12 bits per heavy atom. The van der Waals surface area contributed by atoms with Crippen LogP contribution in [0.15, 0.2) is 18.3 Å². The van der Waals surface area contributed by atoms with Crippen LogP contribution in [-0.2, 0) is 4.74 Å². The maximum absolute atomic E-state index is 5.98. The minimum atomic E-state index is 0.386. The highest BCUT2D eigenvalue weighted by atomic mass is 16.5. The van der Waals surface area contributed by atoms with E-state index in [0.29, 0.717) is 18.0 Å². The normalized spacial score (nSPS) is 28.8. The molecule has 0 amide bonds. The van der Waals surface area contributed by atoms with Gasteiger partial charge in [0.2, 0.25) is 0 Å². The molecular weight excluding hydrogens is 214 g/mol. The Bertz CT molecular complexity index is 394. The van der Waals surface area contributed by atoms with Crippen molar-refractivity contribution in [2.45, 2.75) is 37.8 Å². The summed E-state index contributed by atoms with van der Waals surface area (Å²) in [5.74, 6) is 0.638. The van der Waals surface area contributed by atoms with E-state index in [2.05, 4.69) is 16.0 Å². The molecule has 4 nitrogen and oxygen atoms in total. The summed E-state index contributed by atoms with van der Waals surface area (Å²) in [4.78, 5) is 6.59. The molecule has 1 aliphatic heterocycles. The number of ether oxygens (including phenoxy) is 1. The van der Waals surface area contributed by atoms with Crippen LogP contribution >= 0.6 is 0 Å². The summed E-state index contributed by atoms with van der Waals surface area (Å²) in [5, 5.41) is 0. The molecule has 1 saturated heterocycles. The first kappa shape index (κ1) is 10.8. The van der Waals surface area contributed by atoms with E-state index in [1.807, 2.05) is 6.07 Å². The van der Waals surface area contributed by atoms with Gasteiger partial charge in [0.25, 0.3) is 0 Å². The summed E-state index contributed by atoms with van der Waals surface area (Å²) >= 11 is 0. The number of hydrogen-bond donors (Lipinski definition) is 1. The van der Waals surface area contributed by atoms with Crippen LogP contribution in [0.5, 0.6) is 0 Å². The number of morpholine rings is 1. The second kappa shape index (κ2) is 4.53. The number of fused-ring (bicyclic) bond motifs is 1. The highest BCUT2D eigenvalue weighted by Gasteiger charge is 2.34. The van der Waals surface area contributed by atoms with Gasteiger partial charge < -0.3 is 15.4 Å². The van der Waals surface area contributed by atoms with Crippen molar-refractivity contribution in [3.63, 3.8) is 0 Å². The maximum atomic E-state index is 5.98. The highest BCUT2D eigenvalue weighted by molar-refractivity contribution is 5.63. The molecule has 2 unspecified atom stereocenters. The van der Waals surface area contributed by atoms with Gasteiger partial charge in [-0.25, -0.2) is 4.98 Å². The number of nitrogens with zero attached hydrogens (tertiary/aromatic N) is 2. The van der Waals surface area contributed by atoms with Crippen LogP contribution in [0.4, 0.5) is 11.5 Å². The zero-order valence-corrected chi connectivity index (χ0v) is 10.0. The van der Waals surface area contributed by atoms with Gasteiger partial charge in [-0.05, 0) is 25.0 Å². The van der Waals surface area contributed by atoms with Crippen LogP contribution in [0.25, 0.3) is 0 Å². The minimum absolute atomic E-state index is 0.386. The summed E-state index contributed by atoms with van der Waals surface area (Å²) in [5.41, 5.74) is 7.06. The van der Waals surface area contributed by atoms with Gasteiger partial charge in [0.1, 0.15) is 5.82 Å². The first-order chi connectivity index (χ1) is 8.36. The Morgan fingerprint density at radius 1 is 1.35 bits per heavy atom. The lowest BCUT2D eigenvalue weighted by molar-refractivity contribution is -0.00863. The van der Waals surface area contributed by atoms with Crippen LogP contribution in [0.1, 0.15) is 25.7 Å². The highest BCUT2D eigenvalue weighted by Crippen LogP contribution is 2.33. The topological polar surface area (TPSA) is 51.4 Å². The molecule has 2 N–H and O–H groups in total. The van der Waals surface area contributed by atoms with E-state index in [1.54, 1.807) is 6.20 Å². The molecule has 3 rings (SSSR count). The number of nitrogen functional groups attached to an aromatic ring is 1. The van der Waals surface area contributed by atoms with Gasteiger partial charge in [-0.1, -0.05) is 12.8 Å². The number of aromatic nitrogens is 1. The Morgan fingerprint density at radius 2 is 2.24 bits per heavy atom. The molecular formula is C13H19N3O. The lowest BCUT2D eigenvalue weighted by atomic mass is 9.90. The molecule has 2 aliphatic rings. The molecule has 2 atom stereocenters. The monoisotopic (exact) mass is 233 g/mol. The first-order valence-corrected chi connectivity index (χ1v) is 6.45. The van der Waals surface area contributed by atoms with Gasteiger partial charge in [-0.3, -0.25) is 0 Å². The third kappa shape index (κ3) is 1.97. The molecule has 2 fully saturated rings. The van der Waals surface area contributed by atoms with Crippen molar-refractivity contribution in [2.75, 3.05) is 23.8 Å². The molecule has 2 heterocycles. The molecule has 17 heavy (non-hydrogen) atoms. The minimum Gasteiger partial charge on any atom is -0.382 e. The largest absolute Gasteiger partial charge is 0.382 e. The first-order valence-electron chi connectivity index (χ1n) is 6.45. The third-order valence-corrected chi connectivity index (χ3v) is 3.86. The smallest absolute Gasteiger partial charge is 0.146 e. The summed E-state index contributed by atoms with van der Waals surface area (Å²) in [6.45, 7) is 1.73. The summed E-state index contributed by atoms with van der Waals surface area (Å²) in [6.07, 6.45) is 7.11. The lowest BCUT2D eigenvalue weighted by Gasteiger charge is -2.45. The van der Waals surface area contributed by atoms with Gasteiger partial charge in [-0.2, -0.15) is 0 Å². The van der Waals surface area contributed by atoms with E-state index < -0.39 is 0 Å². The van der Waals surface area contributed by atoms with Crippen molar-refractivity contribution in [1.82, 2.24) is 4.98 Å². The van der Waals surface area contributed by atoms with Crippen LogP contribution in [0, 0.1) is 0 Å². The Balaban J connectivity index is 1.88. The van der Waals surface area contributed by atoms with Crippen molar-refractivity contribution in [3.8, 4) is 0 Å². The van der Waals surface area contributed by atoms with E-state index in [-0.39, 0.29) is 0 Å². The second-order valence-corrected chi connectivity index (χ2v) is 4.86. The van der Waals surface area contributed by atoms with E-state index in [4.69, 9.17) is 10.5 Å². The molecule has 0 aromatic carbocycles. The lowest BCUT2D eigenvalue weighted by Crippen LogP contribution is -2.53. The van der Waals surface area contributed by atoms with Crippen LogP contribution in [0.3, 0.4) is 0 Å². The Hall–Kier alpha value is -1.29. The summed E-state index contributed by atoms with van der Waals surface area (Å²) in [7, 11) is 0. The second-order valence-electron chi connectivity index (χ2n) is 4.86. The number of rotatable bonds is 1. The van der Waals surface area contributed by atoms with Gasteiger partial charge in [0.05, 0.1) is 24.4 Å². The fourth-order valence-electron chi connectivity index (χ4n) is 3.05. The van der Waals surface area contributed by atoms with Gasteiger partial charge >= 0.3 is 0 Å². The SMILES string of the molecule is Nc1ncccc1N1CCOC2CCCCC21. The van der Waals surface area contributed by atoms with E-state index in [0.717, 1.165) is 18.8 Å². The molecule has 92 valence electrons. The van der Waals surface area contributed by atoms with Crippen LogP contribution in [-0.4, -0.2) is 30.3 Å². The van der Waals surface area contributed by atoms with Crippen LogP contribution < -0.4 is 10.6 Å². The van der Waals surface area contributed by atoms with E-state index >= 15 is 0 Å². The maximum Gasteiger partial charge on any atom is 0.146 e. The number of nitrogens with two attached hydrogens (primary N) is 1. The van der Waals surface area contributed by atoms with Crippen molar-refractivity contribution in [3.05, 3.63) is 18.3 Å². The Kier molecular flexibility index (Phi) is 2.89. The standard InChI is InChI=1S/C13H19N3O/c14-13-11(5-3-7-15-13)16-8-9-17-12-6-2-1-4-10(12)16/h3,5,7,10,12H,1-2,4,6,8-9H2,(H2,14,15). The molecule has 1 aromatic heterocycles. The molecule has 1 saturated carbocycles. The third-order valence-electron chi connectivity index (χ3n) is 3.86. The summed E-state index contributed by atoms with van der Waals surface area (Å²) < 4.78 is 5.87. The van der Waals surface area contributed by atoms with Gasteiger partial charge in [0.15, 0.2) is 0 Å². The van der Waals surface area contributed by atoms with E-state index in [9.17, 15) is 0 Å². The molecule has 1 aromatic rings. The number of hydrogen-bond acceptors (Lipinski definition) is 4. The van der Waals surface area contributed by atoms with Crippen molar-refractivity contribution in [2.24, 2.45) is 0 Å². The number of anilines is 2. The molecule has 1 aliphatic carbocycles. The van der Waals surface area contributed by atoms with Crippen molar-refractivity contribution in [1.29, 1.82) is 0 Å². The molecule has 4 heteroatoms.